The molecule has 0 aromatic heterocycles. The summed E-state index contributed by atoms with van der Waals surface area (Å²) in [5.41, 5.74) is 6.21. The van der Waals surface area contributed by atoms with E-state index in [1.54, 1.807) is 0 Å². The fourth-order valence-electron chi connectivity index (χ4n) is 3.38. The van der Waals surface area contributed by atoms with Gasteiger partial charge in [-0.25, -0.2) is 0 Å². The van der Waals surface area contributed by atoms with Crippen molar-refractivity contribution in [1.82, 2.24) is 4.90 Å². The molecule has 0 aromatic rings. The zero-order valence-corrected chi connectivity index (χ0v) is 12.1. The molecular weight excluding hydrogens is 228 g/mol. The van der Waals surface area contributed by atoms with Crippen LogP contribution in [0.2, 0.25) is 0 Å². The molecule has 0 aromatic carbocycles. The van der Waals surface area contributed by atoms with E-state index in [-0.39, 0.29) is 11.1 Å². The van der Waals surface area contributed by atoms with Gasteiger partial charge in [-0.2, -0.15) is 0 Å². The van der Waals surface area contributed by atoms with Crippen LogP contribution in [0.4, 0.5) is 0 Å². The number of likely N-dealkylation sites (N-methyl/N-ethyl adjacent to an activating group) is 1. The van der Waals surface area contributed by atoms with Crippen LogP contribution in [0.3, 0.4) is 0 Å². The summed E-state index contributed by atoms with van der Waals surface area (Å²) < 4.78 is 11.5. The lowest BCUT2D eigenvalue weighted by atomic mass is 9.77. The van der Waals surface area contributed by atoms with Gasteiger partial charge in [0.05, 0.1) is 12.2 Å². The Morgan fingerprint density at radius 3 is 2.72 bits per heavy atom. The van der Waals surface area contributed by atoms with Gasteiger partial charge < -0.3 is 15.2 Å². The van der Waals surface area contributed by atoms with Gasteiger partial charge in [0, 0.05) is 31.3 Å². The number of hydrogen-bond acceptors (Lipinski definition) is 4. The first-order valence-corrected chi connectivity index (χ1v) is 7.20. The van der Waals surface area contributed by atoms with Gasteiger partial charge in [-0.05, 0) is 39.7 Å². The van der Waals surface area contributed by atoms with Crippen LogP contribution < -0.4 is 5.73 Å². The van der Waals surface area contributed by atoms with Gasteiger partial charge in [-0.15, -0.1) is 0 Å². The van der Waals surface area contributed by atoms with E-state index < -0.39 is 0 Å². The van der Waals surface area contributed by atoms with E-state index >= 15 is 0 Å². The minimum Gasteiger partial charge on any atom is -0.380 e. The molecular formula is C14H28N2O2. The SMILES string of the molecule is CCC1(C)CC(CN)(N(C)C2CCOC2)CCO1. The molecule has 2 saturated heterocycles. The molecule has 2 rings (SSSR count). The number of rotatable bonds is 4. The van der Waals surface area contributed by atoms with Crippen LogP contribution in [0.25, 0.3) is 0 Å². The predicted molar refractivity (Wildman–Crippen MR) is 72.7 cm³/mol. The van der Waals surface area contributed by atoms with E-state index in [1.807, 2.05) is 0 Å². The van der Waals surface area contributed by atoms with Crippen LogP contribution >= 0.6 is 0 Å². The number of nitrogens with two attached hydrogens (primary N) is 1. The Hall–Kier alpha value is -0.160. The van der Waals surface area contributed by atoms with Gasteiger partial charge in [-0.1, -0.05) is 6.92 Å². The molecule has 2 fully saturated rings. The lowest BCUT2D eigenvalue weighted by molar-refractivity contribution is -0.131. The van der Waals surface area contributed by atoms with Crippen LogP contribution in [0.15, 0.2) is 0 Å². The van der Waals surface area contributed by atoms with Crippen molar-refractivity contribution in [3.05, 3.63) is 0 Å². The average molecular weight is 256 g/mol. The van der Waals surface area contributed by atoms with Crippen LogP contribution in [-0.4, -0.2) is 55.5 Å². The molecule has 2 heterocycles. The molecule has 3 unspecified atom stereocenters. The Bertz CT molecular complexity index is 281. The normalized spacial score (nSPS) is 41.5. The minimum absolute atomic E-state index is 0.0225. The maximum absolute atomic E-state index is 6.14. The van der Waals surface area contributed by atoms with E-state index in [9.17, 15) is 0 Å². The second kappa shape index (κ2) is 5.45. The van der Waals surface area contributed by atoms with Crippen molar-refractivity contribution in [2.45, 2.75) is 56.7 Å². The summed E-state index contributed by atoms with van der Waals surface area (Å²) in [5.74, 6) is 0. The lowest BCUT2D eigenvalue weighted by Crippen LogP contribution is -2.62. The second-order valence-electron chi connectivity index (χ2n) is 6.14. The van der Waals surface area contributed by atoms with Crippen LogP contribution in [0.5, 0.6) is 0 Å². The summed E-state index contributed by atoms with van der Waals surface area (Å²) in [6.45, 7) is 7.68. The number of hydrogen-bond donors (Lipinski definition) is 1. The van der Waals surface area contributed by atoms with Gasteiger partial charge in [0.2, 0.25) is 0 Å². The Labute approximate surface area is 111 Å². The van der Waals surface area contributed by atoms with Crippen molar-refractivity contribution in [2.75, 3.05) is 33.4 Å². The maximum atomic E-state index is 6.14. The van der Waals surface area contributed by atoms with Crippen molar-refractivity contribution in [3.8, 4) is 0 Å². The summed E-state index contributed by atoms with van der Waals surface area (Å²) in [6.07, 6.45) is 4.23. The van der Waals surface area contributed by atoms with Crippen molar-refractivity contribution in [3.63, 3.8) is 0 Å². The maximum Gasteiger partial charge on any atom is 0.0670 e. The highest BCUT2D eigenvalue weighted by Gasteiger charge is 2.46. The first-order chi connectivity index (χ1) is 8.55. The second-order valence-corrected chi connectivity index (χ2v) is 6.14. The molecule has 106 valence electrons. The molecule has 3 atom stereocenters. The molecule has 18 heavy (non-hydrogen) atoms. The van der Waals surface area contributed by atoms with E-state index in [4.69, 9.17) is 15.2 Å². The van der Waals surface area contributed by atoms with Crippen LogP contribution in [0.1, 0.15) is 39.5 Å². The topological polar surface area (TPSA) is 47.7 Å². The zero-order valence-electron chi connectivity index (χ0n) is 12.1. The summed E-state index contributed by atoms with van der Waals surface area (Å²) in [7, 11) is 2.22. The van der Waals surface area contributed by atoms with Crippen molar-refractivity contribution >= 4 is 0 Å². The monoisotopic (exact) mass is 256 g/mol. The number of nitrogens with zero attached hydrogens (tertiary/aromatic N) is 1. The van der Waals surface area contributed by atoms with E-state index in [0.717, 1.165) is 45.5 Å². The molecule has 0 saturated carbocycles. The molecule has 0 amide bonds. The third kappa shape index (κ3) is 2.57. The van der Waals surface area contributed by atoms with Crippen LogP contribution in [-0.2, 0) is 9.47 Å². The fourth-order valence-corrected chi connectivity index (χ4v) is 3.38. The standard InChI is InChI=1S/C14H28N2O2/c1-4-13(2)10-14(11-15,6-8-18-13)16(3)12-5-7-17-9-12/h12H,4-11,15H2,1-3H3. The van der Waals surface area contributed by atoms with Crippen molar-refractivity contribution < 1.29 is 9.47 Å². The molecule has 0 bridgehead atoms. The molecule has 2 aliphatic heterocycles. The predicted octanol–water partition coefficient (Wildman–Crippen LogP) is 1.38. The summed E-state index contributed by atoms with van der Waals surface area (Å²) in [6, 6.07) is 0.521. The van der Waals surface area contributed by atoms with Crippen LogP contribution in [0, 0.1) is 0 Å². The Morgan fingerprint density at radius 1 is 1.39 bits per heavy atom. The van der Waals surface area contributed by atoms with Crippen molar-refractivity contribution in [1.29, 1.82) is 0 Å². The van der Waals surface area contributed by atoms with Gasteiger partial charge in [0.15, 0.2) is 0 Å². The third-order valence-electron chi connectivity index (χ3n) is 5.05. The van der Waals surface area contributed by atoms with E-state index in [1.165, 1.54) is 0 Å². The smallest absolute Gasteiger partial charge is 0.0670 e. The fraction of sp³-hybridized carbons (Fsp3) is 1.00. The van der Waals surface area contributed by atoms with Gasteiger partial charge in [0.1, 0.15) is 0 Å². The van der Waals surface area contributed by atoms with E-state index in [2.05, 4.69) is 25.8 Å². The summed E-state index contributed by atoms with van der Waals surface area (Å²) >= 11 is 0. The van der Waals surface area contributed by atoms with Gasteiger partial charge >= 0.3 is 0 Å². The minimum atomic E-state index is -0.0225. The Kier molecular flexibility index (Phi) is 4.32. The molecule has 0 spiro atoms. The quantitative estimate of drug-likeness (QED) is 0.825. The van der Waals surface area contributed by atoms with E-state index in [0.29, 0.717) is 12.6 Å². The molecule has 4 heteroatoms. The summed E-state index contributed by atoms with van der Waals surface area (Å²) in [4.78, 5) is 2.48. The lowest BCUT2D eigenvalue weighted by Gasteiger charge is -2.52. The highest BCUT2D eigenvalue weighted by molar-refractivity contribution is 5.01. The first kappa shape index (κ1) is 14.3. The van der Waals surface area contributed by atoms with Gasteiger partial charge in [0.25, 0.3) is 0 Å². The Morgan fingerprint density at radius 2 is 2.17 bits per heavy atom. The highest BCUT2D eigenvalue weighted by Crippen LogP contribution is 2.38. The van der Waals surface area contributed by atoms with Crippen molar-refractivity contribution in [2.24, 2.45) is 5.73 Å². The Balaban J connectivity index is 2.13. The zero-order chi connectivity index (χ0) is 13.2. The summed E-state index contributed by atoms with van der Waals surface area (Å²) in [5, 5.41) is 0. The largest absolute Gasteiger partial charge is 0.380 e. The molecule has 2 aliphatic rings. The third-order valence-corrected chi connectivity index (χ3v) is 5.05. The molecule has 4 nitrogen and oxygen atoms in total. The average Bonchev–Trinajstić information content (AvgIpc) is 2.91. The molecule has 0 aliphatic carbocycles. The van der Waals surface area contributed by atoms with Gasteiger partial charge in [-0.3, -0.25) is 4.90 Å². The first-order valence-electron chi connectivity index (χ1n) is 7.20. The molecule has 2 N–H and O–H groups in total. The highest BCUT2D eigenvalue weighted by atomic mass is 16.5. The number of ether oxygens (including phenoxy) is 2. The molecule has 0 radical (unpaired) electrons.